The number of pyridine rings is 1. The first-order valence-electron chi connectivity index (χ1n) is 4.13. The monoisotopic (exact) mass is 206 g/mol. The number of methoxy groups -OCH3 is 1. The Kier molecular flexibility index (Phi) is 2.49. The summed E-state index contributed by atoms with van der Waals surface area (Å²) in [6.07, 6.45) is 3.94. The average Bonchev–Trinajstić information content (AvgIpc) is 2.30. The fourth-order valence-corrected chi connectivity index (χ4v) is 1.06. The molecular formula is C9H7FN4O. The molecule has 0 aliphatic heterocycles. The molecule has 6 heteroatoms. The van der Waals surface area contributed by atoms with Crippen LogP contribution in [-0.4, -0.2) is 27.0 Å². The summed E-state index contributed by atoms with van der Waals surface area (Å²) in [5.41, 5.74) is 0.343. The van der Waals surface area contributed by atoms with Crippen molar-refractivity contribution in [1.82, 2.24) is 19.9 Å². The Balaban J connectivity index is 2.43. The van der Waals surface area contributed by atoms with Crippen LogP contribution in [0.5, 0.6) is 5.75 Å². The third kappa shape index (κ3) is 1.88. The van der Waals surface area contributed by atoms with E-state index in [4.69, 9.17) is 4.74 Å². The van der Waals surface area contributed by atoms with Crippen LogP contribution in [0.4, 0.5) is 4.39 Å². The molecule has 2 aromatic rings. The predicted molar refractivity (Wildman–Crippen MR) is 49.6 cm³/mol. The molecule has 0 N–H and O–H groups in total. The number of nitrogens with zero attached hydrogens (tertiary/aromatic N) is 4. The first kappa shape index (κ1) is 9.45. The summed E-state index contributed by atoms with van der Waals surface area (Å²) < 4.78 is 18.0. The molecular weight excluding hydrogens is 199 g/mol. The zero-order valence-corrected chi connectivity index (χ0v) is 7.88. The Morgan fingerprint density at radius 3 is 2.53 bits per heavy atom. The number of ether oxygens (including phenoxy) is 1. The van der Waals surface area contributed by atoms with E-state index in [2.05, 4.69) is 19.9 Å². The lowest BCUT2D eigenvalue weighted by molar-refractivity contribution is 0.384. The molecule has 0 saturated heterocycles. The molecule has 0 aliphatic rings. The van der Waals surface area contributed by atoms with Gasteiger partial charge in [0.05, 0.1) is 13.3 Å². The van der Waals surface area contributed by atoms with Crippen LogP contribution in [0.3, 0.4) is 0 Å². The van der Waals surface area contributed by atoms with Crippen molar-refractivity contribution in [3.63, 3.8) is 0 Å². The highest BCUT2D eigenvalue weighted by Crippen LogP contribution is 2.19. The summed E-state index contributed by atoms with van der Waals surface area (Å²) in [4.78, 5) is 15.3. The quantitative estimate of drug-likeness (QED) is 0.735. The normalized spacial score (nSPS) is 10.0. The van der Waals surface area contributed by atoms with Gasteiger partial charge in [-0.05, 0) is 0 Å². The van der Waals surface area contributed by atoms with Crippen molar-refractivity contribution in [1.29, 1.82) is 0 Å². The van der Waals surface area contributed by atoms with Gasteiger partial charge in [-0.15, -0.1) is 0 Å². The molecule has 0 radical (unpaired) electrons. The minimum absolute atomic E-state index is 0.0906. The maximum atomic E-state index is 13.3. The van der Waals surface area contributed by atoms with Crippen molar-refractivity contribution < 1.29 is 9.13 Å². The first-order chi connectivity index (χ1) is 7.31. The average molecular weight is 206 g/mol. The van der Waals surface area contributed by atoms with Crippen molar-refractivity contribution in [3.8, 4) is 17.3 Å². The Bertz CT molecular complexity index is 463. The van der Waals surface area contributed by atoms with Gasteiger partial charge in [0.25, 0.3) is 0 Å². The largest absolute Gasteiger partial charge is 0.492 e. The standard InChI is InChI=1S/C9H7FN4O/c1-15-8-3-12-7(2-6(8)10)9-13-4-11-5-14-9/h2-5H,1H3. The van der Waals surface area contributed by atoms with Gasteiger partial charge in [0, 0.05) is 6.07 Å². The van der Waals surface area contributed by atoms with Crippen LogP contribution in [0.2, 0.25) is 0 Å². The lowest BCUT2D eigenvalue weighted by Crippen LogP contribution is -1.95. The number of hydrogen-bond acceptors (Lipinski definition) is 5. The van der Waals surface area contributed by atoms with E-state index in [0.717, 1.165) is 0 Å². The molecule has 76 valence electrons. The molecule has 0 aromatic carbocycles. The van der Waals surface area contributed by atoms with Crippen molar-refractivity contribution in [2.45, 2.75) is 0 Å². The second kappa shape index (κ2) is 3.95. The van der Waals surface area contributed by atoms with E-state index in [0.29, 0.717) is 11.5 Å². The summed E-state index contributed by atoms with van der Waals surface area (Å²) in [6, 6.07) is 1.22. The Hall–Kier alpha value is -2.11. The van der Waals surface area contributed by atoms with E-state index in [-0.39, 0.29) is 5.75 Å². The van der Waals surface area contributed by atoms with E-state index < -0.39 is 5.82 Å². The maximum absolute atomic E-state index is 13.3. The molecule has 0 spiro atoms. The Morgan fingerprint density at radius 1 is 1.20 bits per heavy atom. The molecule has 2 heterocycles. The molecule has 0 aliphatic carbocycles. The number of rotatable bonds is 2. The molecule has 2 rings (SSSR count). The summed E-state index contributed by atoms with van der Waals surface area (Å²) in [6.45, 7) is 0. The lowest BCUT2D eigenvalue weighted by Gasteiger charge is -2.02. The molecule has 2 aromatic heterocycles. The first-order valence-corrected chi connectivity index (χ1v) is 4.13. The maximum Gasteiger partial charge on any atom is 0.181 e. The van der Waals surface area contributed by atoms with Gasteiger partial charge in [0.2, 0.25) is 0 Å². The van der Waals surface area contributed by atoms with Crippen LogP contribution in [-0.2, 0) is 0 Å². The van der Waals surface area contributed by atoms with Crippen LogP contribution < -0.4 is 4.74 Å². The highest BCUT2D eigenvalue weighted by atomic mass is 19.1. The predicted octanol–water partition coefficient (Wildman–Crippen LogP) is 1.08. The van der Waals surface area contributed by atoms with Gasteiger partial charge >= 0.3 is 0 Å². The van der Waals surface area contributed by atoms with E-state index in [1.165, 1.54) is 32.0 Å². The summed E-state index contributed by atoms with van der Waals surface area (Å²) in [7, 11) is 1.38. The molecule has 0 fully saturated rings. The van der Waals surface area contributed by atoms with Crippen LogP contribution in [0.1, 0.15) is 0 Å². The van der Waals surface area contributed by atoms with E-state index in [9.17, 15) is 4.39 Å². The van der Waals surface area contributed by atoms with E-state index in [1.807, 2.05) is 0 Å². The van der Waals surface area contributed by atoms with Crippen molar-refractivity contribution in [3.05, 3.63) is 30.7 Å². The minimum atomic E-state index is -0.497. The van der Waals surface area contributed by atoms with E-state index in [1.54, 1.807) is 0 Å². The fourth-order valence-electron chi connectivity index (χ4n) is 1.06. The van der Waals surface area contributed by atoms with Crippen LogP contribution in [0.25, 0.3) is 11.5 Å². The van der Waals surface area contributed by atoms with Crippen molar-refractivity contribution in [2.75, 3.05) is 7.11 Å². The zero-order valence-electron chi connectivity index (χ0n) is 7.88. The molecule has 0 unspecified atom stereocenters. The molecule has 15 heavy (non-hydrogen) atoms. The van der Waals surface area contributed by atoms with Crippen molar-refractivity contribution in [2.24, 2.45) is 0 Å². The molecule has 0 atom stereocenters. The van der Waals surface area contributed by atoms with Crippen molar-refractivity contribution >= 4 is 0 Å². The summed E-state index contributed by atoms with van der Waals surface area (Å²) in [5, 5.41) is 0. The molecule has 0 bridgehead atoms. The van der Waals surface area contributed by atoms with Gasteiger partial charge in [0.1, 0.15) is 18.3 Å². The third-order valence-electron chi connectivity index (χ3n) is 1.76. The molecule has 0 amide bonds. The number of hydrogen-bond donors (Lipinski definition) is 0. The van der Waals surface area contributed by atoms with Gasteiger partial charge in [-0.3, -0.25) is 0 Å². The minimum Gasteiger partial charge on any atom is -0.492 e. The second-order valence-corrected chi connectivity index (χ2v) is 2.67. The lowest BCUT2D eigenvalue weighted by atomic mass is 10.3. The number of halogens is 1. The Morgan fingerprint density at radius 2 is 1.93 bits per heavy atom. The third-order valence-corrected chi connectivity index (χ3v) is 1.76. The van der Waals surface area contributed by atoms with Gasteiger partial charge in [-0.1, -0.05) is 0 Å². The Labute approximate surface area is 85.0 Å². The topological polar surface area (TPSA) is 60.8 Å². The van der Waals surface area contributed by atoms with Gasteiger partial charge < -0.3 is 4.74 Å². The number of aromatic nitrogens is 4. The highest BCUT2D eigenvalue weighted by Gasteiger charge is 2.07. The van der Waals surface area contributed by atoms with Gasteiger partial charge in [0.15, 0.2) is 17.4 Å². The molecule has 0 saturated carbocycles. The fraction of sp³-hybridized carbons (Fsp3) is 0.111. The summed E-state index contributed by atoms with van der Waals surface area (Å²) in [5.74, 6) is -0.0812. The van der Waals surface area contributed by atoms with Crippen LogP contribution in [0, 0.1) is 5.82 Å². The van der Waals surface area contributed by atoms with E-state index >= 15 is 0 Å². The second-order valence-electron chi connectivity index (χ2n) is 2.67. The smallest absolute Gasteiger partial charge is 0.181 e. The van der Waals surface area contributed by atoms with Gasteiger partial charge in [-0.2, -0.15) is 0 Å². The van der Waals surface area contributed by atoms with Crippen LogP contribution in [0.15, 0.2) is 24.9 Å². The summed E-state index contributed by atoms with van der Waals surface area (Å²) >= 11 is 0. The van der Waals surface area contributed by atoms with Gasteiger partial charge in [-0.25, -0.2) is 24.3 Å². The van der Waals surface area contributed by atoms with Crippen LogP contribution >= 0.6 is 0 Å². The molecule has 5 nitrogen and oxygen atoms in total. The SMILES string of the molecule is COc1cnc(-c2ncncn2)cc1F. The zero-order chi connectivity index (χ0) is 10.7. The highest BCUT2D eigenvalue weighted by molar-refractivity contribution is 5.49.